The summed E-state index contributed by atoms with van der Waals surface area (Å²) in [6.07, 6.45) is 0. The minimum Gasteiger partial charge on any atom is -0.192 e. The van der Waals surface area contributed by atoms with Gasteiger partial charge in [-0.1, -0.05) is 60.7 Å². The van der Waals surface area contributed by atoms with E-state index in [1.54, 1.807) is 40.9 Å². The van der Waals surface area contributed by atoms with Gasteiger partial charge in [-0.3, -0.25) is 0 Å². The first-order chi connectivity index (χ1) is 21.7. The van der Waals surface area contributed by atoms with E-state index in [0.29, 0.717) is 22.3 Å². The van der Waals surface area contributed by atoms with Crippen LogP contribution in [0.25, 0.3) is 73.7 Å². The molecule has 0 spiro atoms. The molecule has 0 aliphatic carbocycles. The van der Waals surface area contributed by atoms with Crippen molar-refractivity contribution < 1.29 is 0 Å². The van der Waals surface area contributed by atoms with Crippen molar-refractivity contribution in [1.29, 1.82) is 15.8 Å². The zero-order valence-electron chi connectivity index (χ0n) is 23.1. The minimum absolute atomic E-state index is 0.420. The fraction of sp³-hybridized carbons (Fsp3) is 0. The molecule has 0 aliphatic rings. The second-order valence-electron chi connectivity index (χ2n) is 10.6. The van der Waals surface area contributed by atoms with Gasteiger partial charge in [0.25, 0.3) is 0 Å². The zero-order chi connectivity index (χ0) is 29.8. The molecule has 0 unspecified atom stereocenters. The first-order valence-electron chi connectivity index (χ1n) is 14.0. The van der Waals surface area contributed by atoms with Crippen LogP contribution >= 0.6 is 22.7 Å². The van der Waals surface area contributed by atoms with Gasteiger partial charge in [0, 0.05) is 57.0 Å². The smallest absolute Gasteiger partial charge is 0.100 e. The van der Waals surface area contributed by atoms with Crippen LogP contribution in [0.5, 0.6) is 0 Å². The molecule has 3 nitrogen and oxygen atoms in total. The van der Waals surface area contributed by atoms with Crippen LogP contribution in [0.2, 0.25) is 0 Å². The third kappa shape index (κ3) is 3.91. The van der Waals surface area contributed by atoms with Crippen LogP contribution in [0.4, 0.5) is 0 Å². The van der Waals surface area contributed by atoms with Crippen molar-refractivity contribution in [1.82, 2.24) is 0 Å². The van der Waals surface area contributed by atoms with Crippen LogP contribution in [0.15, 0.2) is 115 Å². The van der Waals surface area contributed by atoms with E-state index < -0.39 is 0 Å². The summed E-state index contributed by atoms with van der Waals surface area (Å²) < 4.78 is 4.72. The quantitative estimate of drug-likeness (QED) is 0.205. The summed E-state index contributed by atoms with van der Waals surface area (Å²) in [7, 11) is 0. The molecule has 202 valence electrons. The maximum Gasteiger partial charge on any atom is 0.100 e. The molecule has 0 bridgehead atoms. The molecule has 0 aliphatic heterocycles. The van der Waals surface area contributed by atoms with Crippen LogP contribution in [-0.2, 0) is 0 Å². The number of nitriles is 3. The lowest BCUT2D eigenvalue weighted by atomic mass is 9.85. The molecule has 0 atom stereocenters. The Morgan fingerprint density at radius 3 is 1.80 bits per heavy atom. The van der Waals surface area contributed by atoms with Gasteiger partial charge in [-0.2, -0.15) is 15.8 Å². The standard InChI is InChI=1S/C39H19N3S2/c40-20-24-7-5-8-25(21-41)38(24)26-18-30(23-15-16-36-32(17-23)27-9-1-3-12-34(27)43-36)33(22-42)31(19-26)28-11-6-14-37-39(28)29-10-2-4-13-35(29)44-37/h1-19H. The Balaban J connectivity index is 1.51. The van der Waals surface area contributed by atoms with E-state index in [4.69, 9.17) is 0 Å². The SMILES string of the molecule is N#Cc1cccc(C#N)c1-c1cc(-c2ccc3sc4ccccc4c3c2)c(C#N)c(-c2cccc3sc4ccccc4c23)c1. The van der Waals surface area contributed by atoms with Gasteiger partial charge in [0.2, 0.25) is 0 Å². The summed E-state index contributed by atoms with van der Waals surface area (Å²) in [5.41, 5.74) is 6.12. The third-order valence-electron chi connectivity index (χ3n) is 8.22. The van der Waals surface area contributed by atoms with Gasteiger partial charge in [0.1, 0.15) is 6.07 Å². The largest absolute Gasteiger partial charge is 0.192 e. The predicted molar refractivity (Wildman–Crippen MR) is 183 cm³/mol. The molecular weight excluding hydrogens is 575 g/mol. The van der Waals surface area contributed by atoms with E-state index in [1.165, 1.54) is 19.5 Å². The molecule has 8 rings (SSSR count). The molecule has 0 N–H and O–H groups in total. The van der Waals surface area contributed by atoms with Crippen LogP contribution in [0, 0.1) is 34.0 Å². The summed E-state index contributed by atoms with van der Waals surface area (Å²) in [6, 6.07) is 45.6. The van der Waals surface area contributed by atoms with Gasteiger partial charge in [0.15, 0.2) is 0 Å². The maximum absolute atomic E-state index is 10.8. The second kappa shape index (κ2) is 10.2. The van der Waals surface area contributed by atoms with Crippen LogP contribution in [-0.4, -0.2) is 0 Å². The molecule has 0 fully saturated rings. The molecule has 2 heterocycles. The van der Waals surface area contributed by atoms with E-state index in [9.17, 15) is 15.8 Å². The van der Waals surface area contributed by atoms with Crippen molar-refractivity contribution in [2.24, 2.45) is 0 Å². The second-order valence-corrected chi connectivity index (χ2v) is 12.8. The van der Waals surface area contributed by atoms with Crippen LogP contribution in [0.1, 0.15) is 16.7 Å². The van der Waals surface area contributed by atoms with Gasteiger partial charge in [-0.25, -0.2) is 0 Å². The van der Waals surface area contributed by atoms with E-state index in [1.807, 2.05) is 30.3 Å². The molecule has 0 saturated heterocycles. The summed E-state index contributed by atoms with van der Waals surface area (Å²) in [5, 5.41) is 35.6. The Morgan fingerprint density at radius 2 is 1.05 bits per heavy atom. The predicted octanol–water partition coefficient (Wildman–Crippen LogP) is 11.0. The monoisotopic (exact) mass is 593 g/mol. The number of nitrogens with zero attached hydrogens (tertiary/aromatic N) is 3. The molecule has 6 aromatic carbocycles. The maximum atomic E-state index is 10.8. The van der Waals surface area contributed by atoms with Gasteiger partial charge in [-0.05, 0) is 71.3 Å². The lowest BCUT2D eigenvalue weighted by molar-refractivity contribution is 1.43. The van der Waals surface area contributed by atoms with Crippen LogP contribution in [0.3, 0.4) is 0 Å². The van der Waals surface area contributed by atoms with Gasteiger partial charge in [-0.15, -0.1) is 22.7 Å². The molecule has 2 aromatic heterocycles. The average Bonchev–Trinajstić information content (AvgIpc) is 3.65. The van der Waals surface area contributed by atoms with Gasteiger partial charge in [0.05, 0.1) is 28.8 Å². The normalized spacial score (nSPS) is 11.1. The Labute approximate surface area is 261 Å². The first kappa shape index (κ1) is 25.9. The molecule has 0 radical (unpaired) electrons. The molecule has 0 saturated carbocycles. The van der Waals surface area contributed by atoms with E-state index in [0.717, 1.165) is 48.7 Å². The Bertz CT molecular complexity index is 2570. The summed E-state index contributed by atoms with van der Waals surface area (Å²) in [4.78, 5) is 0. The van der Waals surface area contributed by atoms with Crippen molar-refractivity contribution in [3.8, 4) is 51.6 Å². The Hall–Kier alpha value is -5.77. The molecule has 0 amide bonds. The van der Waals surface area contributed by atoms with Crippen molar-refractivity contribution in [3.05, 3.63) is 132 Å². The molecular formula is C39H19N3S2. The number of fused-ring (bicyclic) bond motifs is 6. The number of benzene rings is 6. The number of thiophene rings is 2. The lowest BCUT2D eigenvalue weighted by Gasteiger charge is -2.16. The Kier molecular flexibility index (Phi) is 6.00. The number of rotatable bonds is 3. The third-order valence-corrected chi connectivity index (χ3v) is 10.5. The molecule has 44 heavy (non-hydrogen) atoms. The molecule has 5 heteroatoms. The summed E-state index contributed by atoms with van der Waals surface area (Å²) in [5.74, 6) is 0. The number of hydrogen-bond acceptors (Lipinski definition) is 5. The van der Waals surface area contributed by atoms with E-state index in [-0.39, 0.29) is 0 Å². The number of hydrogen-bond donors (Lipinski definition) is 0. The van der Waals surface area contributed by atoms with E-state index >= 15 is 0 Å². The minimum atomic E-state index is 0.420. The summed E-state index contributed by atoms with van der Waals surface area (Å²) >= 11 is 3.49. The highest BCUT2D eigenvalue weighted by molar-refractivity contribution is 7.26. The fourth-order valence-electron chi connectivity index (χ4n) is 6.29. The zero-order valence-corrected chi connectivity index (χ0v) is 24.8. The van der Waals surface area contributed by atoms with Crippen molar-refractivity contribution in [2.75, 3.05) is 0 Å². The van der Waals surface area contributed by atoms with Crippen molar-refractivity contribution >= 4 is 63.0 Å². The fourth-order valence-corrected chi connectivity index (χ4v) is 8.51. The highest BCUT2D eigenvalue weighted by Gasteiger charge is 2.21. The van der Waals surface area contributed by atoms with Gasteiger partial charge >= 0.3 is 0 Å². The van der Waals surface area contributed by atoms with Gasteiger partial charge < -0.3 is 0 Å². The van der Waals surface area contributed by atoms with Crippen molar-refractivity contribution in [3.63, 3.8) is 0 Å². The molecule has 8 aromatic rings. The van der Waals surface area contributed by atoms with Crippen molar-refractivity contribution in [2.45, 2.75) is 0 Å². The van der Waals surface area contributed by atoms with E-state index in [2.05, 4.69) is 84.9 Å². The topological polar surface area (TPSA) is 71.4 Å². The van der Waals surface area contributed by atoms with Crippen LogP contribution < -0.4 is 0 Å². The first-order valence-corrected chi connectivity index (χ1v) is 15.7. The highest BCUT2D eigenvalue weighted by atomic mass is 32.1. The highest BCUT2D eigenvalue weighted by Crippen LogP contribution is 2.45. The average molecular weight is 594 g/mol. The Morgan fingerprint density at radius 1 is 0.432 bits per heavy atom. The lowest BCUT2D eigenvalue weighted by Crippen LogP contribution is -1.96. The summed E-state index contributed by atoms with van der Waals surface area (Å²) in [6.45, 7) is 0.